The highest BCUT2D eigenvalue weighted by Gasteiger charge is 2.13. The van der Waals surface area contributed by atoms with Crippen molar-refractivity contribution in [2.75, 3.05) is 10.6 Å². The summed E-state index contributed by atoms with van der Waals surface area (Å²) in [6, 6.07) is 6.10. The molecule has 0 unspecified atom stereocenters. The maximum Gasteiger partial charge on any atom is 0.246 e. The SMILES string of the molecule is CC(=O)Nc1ccc(NC(=O)[C@@H](C)NC(C)=O)cc1. The zero-order valence-electron chi connectivity index (χ0n) is 11.1. The van der Waals surface area contributed by atoms with Gasteiger partial charge in [-0.05, 0) is 31.2 Å². The van der Waals surface area contributed by atoms with E-state index in [2.05, 4.69) is 16.0 Å². The Morgan fingerprint density at radius 3 is 1.79 bits per heavy atom. The first-order chi connectivity index (χ1) is 8.88. The molecule has 0 saturated heterocycles. The Bertz CT molecular complexity index is 482. The minimum Gasteiger partial charge on any atom is -0.345 e. The Hall–Kier alpha value is -2.37. The minimum absolute atomic E-state index is 0.156. The van der Waals surface area contributed by atoms with Crippen molar-refractivity contribution < 1.29 is 14.4 Å². The Balaban J connectivity index is 2.60. The van der Waals surface area contributed by atoms with Gasteiger partial charge in [0.1, 0.15) is 6.04 Å². The van der Waals surface area contributed by atoms with Crippen LogP contribution in [-0.4, -0.2) is 23.8 Å². The Morgan fingerprint density at radius 2 is 1.37 bits per heavy atom. The molecule has 0 spiro atoms. The third-order valence-electron chi connectivity index (χ3n) is 2.29. The molecule has 0 aromatic heterocycles. The van der Waals surface area contributed by atoms with E-state index in [9.17, 15) is 14.4 Å². The summed E-state index contributed by atoms with van der Waals surface area (Å²) < 4.78 is 0. The fraction of sp³-hybridized carbons (Fsp3) is 0.308. The van der Waals surface area contributed by atoms with Gasteiger partial charge < -0.3 is 16.0 Å². The van der Waals surface area contributed by atoms with Gasteiger partial charge >= 0.3 is 0 Å². The molecule has 1 rings (SSSR count). The van der Waals surface area contributed by atoms with Gasteiger partial charge in [0.05, 0.1) is 0 Å². The molecule has 0 fully saturated rings. The van der Waals surface area contributed by atoms with Crippen molar-refractivity contribution in [1.82, 2.24) is 5.32 Å². The van der Waals surface area contributed by atoms with Crippen LogP contribution in [0.3, 0.4) is 0 Å². The van der Waals surface area contributed by atoms with Crippen LogP contribution in [0.15, 0.2) is 24.3 Å². The van der Waals surface area contributed by atoms with Gasteiger partial charge in [0.25, 0.3) is 0 Å². The Morgan fingerprint density at radius 1 is 0.895 bits per heavy atom. The van der Waals surface area contributed by atoms with Crippen molar-refractivity contribution in [3.05, 3.63) is 24.3 Å². The van der Waals surface area contributed by atoms with Gasteiger partial charge in [-0.25, -0.2) is 0 Å². The quantitative estimate of drug-likeness (QED) is 0.760. The average molecular weight is 263 g/mol. The average Bonchev–Trinajstić information content (AvgIpc) is 2.30. The van der Waals surface area contributed by atoms with Crippen LogP contribution in [0.5, 0.6) is 0 Å². The van der Waals surface area contributed by atoms with Crippen LogP contribution in [-0.2, 0) is 14.4 Å². The zero-order chi connectivity index (χ0) is 14.4. The number of hydrogen-bond donors (Lipinski definition) is 3. The lowest BCUT2D eigenvalue weighted by molar-refractivity contribution is -0.124. The molecular weight excluding hydrogens is 246 g/mol. The van der Waals surface area contributed by atoms with Crippen molar-refractivity contribution >= 4 is 29.1 Å². The summed E-state index contributed by atoms with van der Waals surface area (Å²) in [5.74, 6) is -0.720. The number of carbonyl (C=O) groups is 3. The molecule has 0 bridgehead atoms. The van der Waals surface area contributed by atoms with Gasteiger partial charge in [-0.1, -0.05) is 0 Å². The van der Waals surface area contributed by atoms with E-state index in [0.29, 0.717) is 11.4 Å². The molecule has 1 aromatic carbocycles. The van der Waals surface area contributed by atoms with Crippen molar-refractivity contribution in [3.63, 3.8) is 0 Å². The molecule has 102 valence electrons. The van der Waals surface area contributed by atoms with Gasteiger partial charge in [0.2, 0.25) is 17.7 Å². The third kappa shape index (κ3) is 5.20. The second-order valence-corrected chi connectivity index (χ2v) is 4.17. The molecule has 0 heterocycles. The van der Waals surface area contributed by atoms with Crippen LogP contribution in [0.1, 0.15) is 20.8 Å². The summed E-state index contributed by atoms with van der Waals surface area (Å²) in [6.07, 6.45) is 0. The molecule has 3 N–H and O–H groups in total. The summed E-state index contributed by atoms with van der Waals surface area (Å²) in [5.41, 5.74) is 1.25. The van der Waals surface area contributed by atoms with Crippen LogP contribution in [0.4, 0.5) is 11.4 Å². The van der Waals surface area contributed by atoms with Crippen molar-refractivity contribution in [3.8, 4) is 0 Å². The summed E-state index contributed by atoms with van der Waals surface area (Å²) in [4.78, 5) is 33.4. The number of carbonyl (C=O) groups excluding carboxylic acids is 3. The fourth-order valence-corrected chi connectivity index (χ4v) is 1.46. The van der Waals surface area contributed by atoms with Gasteiger partial charge in [-0.15, -0.1) is 0 Å². The fourth-order valence-electron chi connectivity index (χ4n) is 1.46. The predicted molar refractivity (Wildman–Crippen MR) is 72.7 cm³/mol. The van der Waals surface area contributed by atoms with E-state index in [-0.39, 0.29) is 17.7 Å². The number of rotatable bonds is 4. The van der Waals surface area contributed by atoms with E-state index in [1.807, 2.05) is 0 Å². The first kappa shape index (κ1) is 14.7. The minimum atomic E-state index is -0.604. The number of benzene rings is 1. The van der Waals surface area contributed by atoms with Gasteiger partial charge in [0, 0.05) is 25.2 Å². The molecule has 1 aromatic rings. The van der Waals surface area contributed by atoms with E-state index in [1.54, 1.807) is 31.2 Å². The first-order valence-corrected chi connectivity index (χ1v) is 5.84. The molecule has 0 radical (unpaired) electrons. The van der Waals surface area contributed by atoms with E-state index >= 15 is 0 Å². The molecule has 6 nitrogen and oxygen atoms in total. The van der Waals surface area contributed by atoms with E-state index < -0.39 is 6.04 Å². The van der Waals surface area contributed by atoms with Crippen molar-refractivity contribution in [1.29, 1.82) is 0 Å². The molecule has 19 heavy (non-hydrogen) atoms. The maximum atomic E-state index is 11.7. The molecule has 0 aliphatic rings. The molecule has 1 atom stereocenters. The second kappa shape index (κ2) is 6.53. The normalized spacial score (nSPS) is 11.3. The number of nitrogens with one attached hydrogen (secondary N) is 3. The van der Waals surface area contributed by atoms with Crippen LogP contribution in [0, 0.1) is 0 Å². The van der Waals surface area contributed by atoms with Gasteiger partial charge in [-0.3, -0.25) is 14.4 Å². The summed E-state index contributed by atoms with van der Waals surface area (Å²) in [6.45, 7) is 4.37. The number of anilines is 2. The van der Waals surface area contributed by atoms with Crippen molar-refractivity contribution in [2.24, 2.45) is 0 Å². The number of hydrogen-bond acceptors (Lipinski definition) is 3. The maximum absolute atomic E-state index is 11.7. The monoisotopic (exact) mass is 263 g/mol. The topological polar surface area (TPSA) is 87.3 Å². The summed E-state index contributed by atoms with van der Waals surface area (Å²) in [7, 11) is 0. The van der Waals surface area contributed by atoms with E-state index in [1.165, 1.54) is 13.8 Å². The second-order valence-electron chi connectivity index (χ2n) is 4.17. The lowest BCUT2D eigenvalue weighted by Crippen LogP contribution is -2.40. The third-order valence-corrected chi connectivity index (χ3v) is 2.29. The van der Waals surface area contributed by atoms with Crippen LogP contribution >= 0.6 is 0 Å². The standard InChI is InChI=1S/C13H17N3O3/c1-8(14-9(2)17)13(19)16-12-6-4-11(5-7-12)15-10(3)18/h4-8H,1-3H3,(H,14,17)(H,15,18)(H,16,19)/t8-/m1/s1. The van der Waals surface area contributed by atoms with E-state index in [0.717, 1.165) is 0 Å². The van der Waals surface area contributed by atoms with Crippen LogP contribution in [0.2, 0.25) is 0 Å². The molecular formula is C13H17N3O3. The Labute approximate surface area is 111 Å². The van der Waals surface area contributed by atoms with Gasteiger partial charge in [-0.2, -0.15) is 0 Å². The highest BCUT2D eigenvalue weighted by atomic mass is 16.2. The summed E-state index contributed by atoms with van der Waals surface area (Å²) in [5, 5.41) is 7.78. The highest BCUT2D eigenvalue weighted by molar-refractivity contribution is 5.97. The first-order valence-electron chi connectivity index (χ1n) is 5.84. The highest BCUT2D eigenvalue weighted by Crippen LogP contribution is 2.13. The lowest BCUT2D eigenvalue weighted by atomic mass is 10.2. The zero-order valence-corrected chi connectivity index (χ0v) is 11.1. The van der Waals surface area contributed by atoms with E-state index in [4.69, 9.17) is 0 Å². The predicted octanol–water partition coefficient (Wildman–Crippen LogP) is 1.11. The summed E-state index contributed by atoms with van der Waals surface area (Å²) >= 11 is 0. The van der Waals surface area contributed by atoms with Gasteiger partial charge in [0.15, 0.2) is 0 Å². The molecule has 0 saturated carbocycles. The van der Waals surface area contributed by atoms with Crippen molar-refractivity contribution in [2.45, 2.75) is 26.8 Å². The van der Waals surface area contributed by atoms with Crippen LogP contribution in [0.25, 0.3) is 0 Å². The smallest absolute Gasteiger partial charge is 0.246 e. The molecule has 0 aliphatic heterocycles. The molecule has 6 heteroatoms. The van der Waals surface area contributed by atoms with Crippen LogP contribution < -0.4 is 16.0 Å². The molecule has 0 aliphatic carbocycles. The largest absolute Gasteiger partial charge is 0.345 e. The molecule has 3 amide bonds. The lowest BCUT2D eigenvalue weighted by Gasteiger charge is -2.13. The Kier molecular flexibility index (Phi) is 5.05. The number of amides is 3.